The van der Waals surface area contributed by atoms with Crippen LogP contribution in [0.4, 0.5) is 4.79 Å². The lowest BCUT2D eigenvalue weighted by molar-refractivity contribution is -0.138. The van der Waals surface area contributed by atoms with Crippen LogP contribution in [0.5, 0.6) is 0 Å². The largest absolute Gasteiger partial charge is 0.463 e. The molecule has 1 aliphatic rings. The summed E-state index contributed by atoms with van der Waals surface area (Å²) in [7, 11) is 0. The van der Waals surface area contributed by atoms with Crippen LogP contribution in [0.25, 0.3) is 0 Å². The highest BCUT2D eigenvalue weighted by atomic mass is 35.5. The van der Waals surface area contributed by atoms with Crippen molar-refractivity contribution in [2.75, 3.05) is 19.7 Å². The molecule has 2 rings (SSSR count). The number of halogens is 1. The van der Waals surface area contributed by atoms with E-state index in [1.807, 2.05) is 31.2 Å². The summed E-state index contributed by atoms with van der Waals surface area (Å²) in [5.74, 6) is -0.429. The van der Waals surface area contributed by atoms with E-state index in [-0.39, 0.29) is 25.2 Å². The quantitative estimate of drug-likeness (QED) is 0.695. The Morgan fingerprint density at radius 1 is 1.43 bits per heavy atom. The molecule has 0 spiro atoms. The number of carbonyl (C=O) groups is 2. The summed E-state index contributed by atoms with van der Waals surface area (Å²) in [5, 5.41) is 9.17. The van der Waals surface area contributed by atoms with Crippen molar-refractivity contribution < 1.29 is 14.3 Å². The van der Waals surface area contributed by atoms with Crippen LogP contribution in [0.2, 0.25) is 5.02 Å². The van der Waals surface area contributed by atoms with Gasteiger partial charge in [-0.3, -0.25) is 0 Å². The molecule has 23 heavy (non-hydrogen) atoms. The Labute approximate surface area is 140 Å². The minimum atomic E-state index is -0.429. The molecule has 0 fully saturated rings. The fourth-order valence-electron chi connectivity index (χ4n) is 2.29. The van der Waals surface area contributed by atoms with Crippen LogP contribution in [-0.2, 0) is 9.53 Å². The van der Waals surface area contributed by atoms with Gasteiger partial charge in [0.2, 0.25) is 0 Å². The lowest BCUT2D eigenvalue weighted by atomic mass is 10.1. The van der Waals surface area contributed by atoms with Crippen molar-refractivity contribution in [3.05, 3.63) is 46.1 Å². The van der Waals surface area contributed by atoms with Gasteiger partial charge in [-0.25, -0.2) is 9.59 Å². The first-order chi connectivity index (χ1) is 11.0. The maximum Gasteiger partial charge on any atom is 0.337 e. The normalized spacial score (nSPS) is 15.7. The van der Waals surface area contributed by atoms with Gasteiger partial charge < -0.3 is 20.7 Å². The van der Waals surface area contributed by atoms with E-state index in [1.54, 1.807) is 6.92 Å². The van der Waals surface area contributed by atoms with Crippen LogP contribution in [0.15, 0.2) is 35.5 Å². The Bertz CT molecular complexity index is 631. The van der Waals surface area contributed by atoms with Crippen LogP contribution in [0.1, 0.15) is 25.5 Å². The van der Waals surface area contributed by atoms with Crippen molar-refractivity contribution in [3.63, 3.8) is 0 Å². The summed E-state index contributed by atoms with van der Waals surface area (Å²) >= 11 is 6.18. The number of benzene rings is 1. The van der Waals surface area contributed by atoms with Crippen molar-refractivity contribution in [3.8, 4) is 0 Å². The maximum absolute atomic E-state index is 12.0. The molecule has 6 nitrogen and oxygen atoms in total. The summed E-state index contributed by atoms with van der Waals surface area (Å²) in [5.41, 5.74) is 1.89. The molecule has 1 heterocycles. The van der Waals surface area contributed by atoms with E-state index in [2.05, 4.69) is 16.0 Å². The van der Waals surface area contributed by atoms with Crippen LogP contribution in [-0.4, -0.2) is 31.7 Å². The number of nitrogens with one attached hydrogen (secondary N) is 3. The molecule has 0 aromatic heterocycles. The molecule has 1 aromatic carbocycles. The number of esters is 1. The fraction of sp³-hybridized carbons (Fsp3) is 0.375. The number of urea groups is 1. The highest BCUT2D eigenvalue weighted by molar-refractivity contribution is 6.31. The molecule has 2 amide bonds. The summed E-state index contributed by atoms with van der Waals surface area (Å²) in [6.07, 6.45) is 0. The third kappa shape index (κ3) is 4.46. The fourth-order valence-corrected chi connectivity index (χ4v) is 2.59. The Kier molecular flexibility index (Phi) is 6.01. The molecule has 0 unspecified atom stereocenters. The topological polar surface area (TPSA) is 79.5 Å². The van der Waals surface area contributed by atoms with Gasteiger partial charge in [0.15, 0.2) is 0 Å². The molecular weight excluding hydrogens is 318 g/mol. The average molecular weight is 338 g/mol. The summed E-state index contributed by atoms with van der Waals surface area (Å²) < 4.78 is 5.02. The van der Waals surface area contributed by atoms with Crippen molar-refractivity contribution in [1.29, 1.82) is 0 Å². The van der Waals surface area contributed by atoms with Gasteiger partial charge >= 0.3 is 12.0 Å². The molecule has 0 radical (unpaired) electrons. The molecule has 124 valence electrons. The SMILES string of the molecule is CCOC(=O)C1=C(CN[C@H](C)c2ccccc2Cl)NC(=O)NC1. The Morgan fingerprint density at radius 3 is 2.87 bits per heavy atom. The van der Waals surface area contributed by atoms with Gasteiger partial charge in [-0.15, -0.1) is 0 Å². The molecule has 1 aromatic rings. The molecule has 7 heteroatoms. The molecule has 3 N–H and O–H groups in total. The number of carbonyl (C=O) groups excluding carboxylic acids is 2. The monoisotopic (exact) mass is 337 g/mol. The second-order valence-electron chi connectivity index (χ2n) is 5.11. The highest BCUT2D eigenvalue weighted by Gasteiger charge is 2.23. The van der Waals surface area contributed by atoms with E-state index in [9.17, 15) is 9.59 Å². The predicted molar refractivity (Wildman–Crippen MR) is 88.1 cm³/mol. The Hall–Kier alpha value is -2.05. The second kappa shape index (κ2) is 7.99. The first-order valence-corrected chi connectivity index (χ1v) is 7.82. The van der Waals surface area contributed by atoms with E-state index in [1.165, 1.54) is 0 Å². The van der Waals surface area contributed by atoms with Gasteiger partial charge in [-0.1, -0.05) is 29.8 Å². The Morgan fingerprint density at radius 2 is 2.17 bits per heavy atom. The van der Waals surface area contributed by atoms with Crippen molar-refractivity contribution in [2.45, 2.75) is 19.9 Å². The van der Waals surface area contributed by atoms with Crippen LogP contribution >= 0.6 is 11.6 Å². The second-order valence-corrected chi connectivity index (χ2v) is 5.52. The van der Waals surface area contributed by atoms with Gasteiger partial charge in [0.1, 0.15) is 0 Å². The first-order valence-electron chi connectivity index (χ1n) is 7.44. The number of amides is 2. The molecule has 1 atom stereocenters. The van der Waals surface area contributed by atoms with Crippen molar-refractivity contribution in [2.24, 2.45) is 0 Å². The maximum atomic E-state index is 12.0. The van der Waals surface area contributed by atoms with Crippen molar-refractivity contribution in [1.82, 2.24) is 16.0 Å². The van der Waals surface area contributed by atoms with Crippen LogP contribution < -0.4 is 16.0 Å². The Balaban J connectivity index is 2.10. The third-order valence-electron chi connectivity index (χ3n) is 3.53. The summed E-state index contributed by atoms with van der Waals surface area (Å²) in [4.78, 5) is 23.5. The third-order valence-corrected chi connectivity index (χ3v) is 3.88. The zero-order chi connectivity index (χ0) is 16.8. The number of hydrogen-bond donors (Lipinski definition) is 3. The standard InChI is InChI=1S/C16H20ClN3O3/c1-3-23-15(21)12-8-19-16(22)20-14(12)9-18-10(2)11-6-4-5-7-13(11)17/h4-7,10,18H,3,8-9H2,1-2H3,(H2,19,20,22)/t10-/m1/s1. The number of ether oxygens (including phenoxy) is 1. The van der Waals surface area contributed by atoms with Gasteiger partial charge in [0, 0.05) is 23.3 Å². The molecule has 0 bridgehead atoms. The van der Waals surface area contributed by atoms with Gasteiger partial charge in [-0.2, -0.15) is 0 Å². The smallest absolute Gasteiger partial charge is 0.337 e. The average Bonchev–Trinajstić information content (AvgIpc) is 2.53. The van der Waals surface area contributed by atoms with E-state index in [0.717, 1.165) is 5.56 Å². The molecule has 0 saturated heterocycles. The lowest BCUT2D eigenvalue weighted by Crippen LogP contribution is -2.46. The zero-order valence-corrected chi connectivity index (χ0v) is 13.9. The molecule has 0 aliphatic carbocycles. The first kappa shape index (κ1) is 17.3. The van der Waals surface area contributed by atoms with E-state index >= 15 is 0 Å². The van der Waals surface area contributed by atoms with Gasteiger partial charge in [0.05, 0.1) is 18.7 Å². The van der Waals surface area contributed by atoms with Crippen LogP contribution in [0, 0.1) is 0 Å². The van der Waals surface area contributed by atoms with E-state index in [0.29, 0.717) is 22.8 Å². The highest BCUT2D eigenvalue weighted by Crippen LogP contribution is 2.22. The number of hydrogen-bond acceptors (Lipinski definition) is 4. The molecule has 1 aliphatic heterocycles. The summed E-state index contributed by atoms with van der Waals surface area (Å²) in [6.45, 7) is 4.47. The predicted octanol–water partition coefficient (Wildman–Crippen LogP) is 2.12. The minimum absolute atomic E-state index is 0.0357. The van der Waals surface area contributed by atoms with Gasteiger partial charge in [0.25, 0.3) is 0 Å². The zero-order valence-electron chi connectivity index (χ0n) is 13.1. The number of rotatable bonds is 6. The minimum Gasteiger partial charge on any atom is -0.463 e. The molecular formula is C16H20ClN3O3. The van der Waals surface area contributed by atoms with E-state index < -0.39 is 5.97 Å². The van der Waals surface area contributed by atoms with Crippen LogP contribution in [0.3, 0.4) is 0 Å². The van der Waals surface area contributed by atoms with Gasteiger partial charge in [-0.05, 0) is 25.5 Å². The lowest BCUT2D eigenvalue weighted by Gasteiger charge is -2.23. The summed E-state index contributed by atoms with van der Waals surface area (Å²) in [6, 6.07) is 7.17. The van der Waals surface area contributed by atoms with Crippen molar-refractivity contribution >= 4 is 23.6 Å². The van der Waals surface area contributed by atoms with E-state index in [4.69, 9.17) is 16.3 Å². The molecule has 0 saturated carbocycles.